The molecule has 0 bridgehead atoms. The highest BCUT2D eigenvalue weighted by atomic mass is 15.1. The van der Waals surface area contributed by atoms with Gasteiger partial charge in [0.1, 0.15) is 11.4 Å². The topological polar surface area (TPSA) is 53.6 Å². The van der Waals surface area contributed by atoms with Crippen molar-refractivity contribution in [1.82, 2.24) is 14.9 Å². The highest BCUT2D eigenvalue weighted by Gasteiger charge is 2.26. The number of nitrogens with one attached hydrogen (secondary N) is 1. The van der Waals surface area contributed by atoms with Crippen molar-refractivity contribution in [3.8, 4) is 6.07 Å². The van der Waals surface area contributed by atoms with Crippen molar-refractivity contribution in [2.75, 3.05) is 6.54 Å². The molecule has 1 rings (SSSR count). The van der Waals surface area contributed by atoms with E-state index >= 15 is 0 Å². The first-order valence-corrected chi connectivity index (χ1v) is 5.68. The summed E-state index contributed by atoms with van der Waals surface area (Å²) in [4.78, 5) is 4.20. The molecule has 0 radical (unpaired) electrons. The summed E-state index contributed by atoms with van der Waals surface area (Å²) >= 11 is 0. The van der Waals surface area contributed by atoms with Gasteiger partial charge < -0.3 is 4.57 Å². The second-order valence-corrected chi connectivity index (χ2v) is 4.41. The Morgan fingerprint density at radius 3 is 2.81 bits per heavy atom. The maximum atomic E-state index is 9.19. The minimum Gasteiger partial charge on any atom is -0.332 e. The molecule has 0 aromatic carbocycles. The Morgan fingerprint density at radius 1 is 1.69 bits per heavy atom. The Kier molecular flexibility index (Phi) is 4.08. The number of nitriles is 1. The first-order chi connectivity index (χ1) is 7.52. The number of hydrogen-bond acceptors (Lipinski definition) is 3. The summed E-state index contributed by atoms with van der Waals surface area (Å²) < 4.78 is 2.10. The molecule has 2 atom stereocenters. The third kappa shape index (κ3) is 2.83. The summed E-state index contributed by atoms with van der Waals surface area (Å²) in [6, 6.07) is 2.62. The van der Waals surface area contributed by atoms with Gasteiger partial charge in [-0.1, -0.05) is 6.92 Å². The van der Waals surface area contributed by atoms with Crippen molar-refractivity contribution in [1.29, 1.82) is 5.26 Å². The first-order valence-electron chi connectivity index (χ1n) is 5.68. The van der Waals surface area contributed by atoms with Crippen LogP contribution < -0.4 is 5.32 Å². The molecule has 4 nitrogen and oxygen atoms in total. The fraction of sp³-hybridized carbons (Fsp3) is 0.667. The molecule has 88 valence electrons. The molecule has 0 aliphatic heterocycles. The smallest absolute Gasteiger partial charge is 0.105 e. The Bertz CT molecular complexity index is 377. The maximum absolute atomic E-state index is 9.19. The Labute approximate surface area is 97.3 Å². The molecular weight excluding hydrogens is 200 g/mol. The molecule has 1 aromatic heterocycles. The summed E-state index contributed by atoms with van der Waals surface area (Å²) in [6.45, 7) is 8.86. The molecule has 0 saturated carbocycles. The van der Waals surface area contributed by atoms with Gasteiger partial charge in [0.25, 0.3) is 0 Å². The molecular formula is C12H20N4. The van der Waals surface area contributed by atoms with Crippen molar-refractivity contribution < 1.29 is 0 Å². The van der Waals surface area contributed by atoms with Crippen LogP contribution in [0.2, 0.25) is 0 Å². The second-order valence-electron chi connectivity index (χ2n) is 4.41. The SMILES string of the molecule is CCNC(C)(C#N)CC(C)n1ccnc1C. The number of aromatic nitrogens is 2. The van der Waals surface area contributed by atoms with Gasteiger partial charge >= 0.3 is 0 Å². The predicted molar refractivity (Wildman–Crippen MR) is 64.0 cm³/mol. The van der Waals surface area contributed by atoms with E-state index in [0.29, 0.717) is 0 Å². The monoisotopic (exact) mass is 220 g/mol. The van der Waals surface area contributed by atoms with Crippen LogP contribution in [0, 0.1) is 18.3 Å². The van der Waals surface area contributed by atoms with Crippen LogP contribution in [0.25, 0.3) is 0 Å². The third-order valence-electron chi connectivity index (χ3n) is 2.85. The van der Waals surface area contributed by atoms with Crippen LogP contribution in [0.5, 0.6) is 0 Å². The maximum Gasteiger partial charge on any atom is 0.105 e. The zero-order chi connectivity index (χ0) is 12.2. The fourth-order valence-corrected chi connectivity index (χ4v) is 2.09. The fourth-order valence-electron chi connectivity index (χ4n) is 2.09. The van der Waals surface area contributed by atoms with Gasteiger partial charge in [0.05, 0.1) is 6.07 Å². The largest absolute Gasteiger partial charge is 0.332 e. The van der Waals surface area contributed by atoms with E-state index in [4.69, 9.17) is 0 Å². The van der Waals surface area contributed by atoms with Gasteiger partial charge in [-0.3, -0.25) is 5.32 Å². The van der Waals surface area contributed by atoms with Gasteiger partial charge in [-0.2, -0.15) is 5.26 Å². The second kappa shape index (κ2) is 5.13. The lowest BCUT2D eigenvalue weighted by atomic mass is 9.95. The van der Waals surface area contributed by atoms with Gasteiger partial charge in [-0.05, 0) is 33.7 Å². The molecule has 0 aliphatic carbocycles. The van der Waals surface area contributed by atoms with E-state index in [0.717, 1.165) is 18.8 Å². The van der Waals surface area contributed by atoms with Crippen LogP contribution in [0.4, 0.5) is 0 Å². The van der Waals surface area contributed by atoms with Crippen molar-refractivity contribution in [3.63, 3.8) is 0 Å². The van der Waals surface area contributed by atoms with Crippen molar-refractivity contribution in [2.24, 2.45) is 0 Å². The highest BCUT2D eigenvalue weighted by molar-refractivity contribution is 5.06. The lowest BCUT2D eigenvalue weighted by Crippen LogP contribution is -2.42. The first kappa shape index (κ1) is 12.7. The van der Waals surface area contributed by atoms with Crippen molar-refractivity contribution >= 4 is 0 Å². The molecule has 1 aromatic rings. The molecule has 0 amide bonds. The highest BCUT2D eigenvalue weighted by Crippen LogP contribution is 2.21. The van der Waals surface area contributed by atoms with Crippen molar-refractivity contribution in [2.45, 2.75) is 45.7 Å². The standard InChI is InChI=1S/C12H20N4/c1-5-15-12(4,9-13)8-10(2)16-7-6-14-11(16)3/h6-7,10,15H,5,8H2,1-4H3. The number of hydrogen-bond donors (Lipinski definition) is 1. The molecule has 0 fully saturated rings. The molecule has 2 unspecified atom stereocenters. The zero-order valence-corrected chi connectivity index (χ0v) is 10.5. The van der Waals surface area contributed by atoms with E-state index in [2.05, 4.69) is 27.9 Å². The van der Waals surface area contributed by atoms with E-state index in [1.807, 2.05) is 27.0 Å². The van der Waals surface area contributed by atoms with Crippen molar-refractivity contribution in [3.05, 3.63) is 18.2 Å². The zero-order valence-electron chi connectivity index (χ0n) is 10.5. The Morgan fingerprint density at radius 2 is 2.38 bits per heavy atom. The Balaban J connectivity index is 2.74. The van der Waals surface area contributed by atoms with E-state index in [1.54, 1.807) is 6.20 Å². The van der Waals surface area contributed by atoms with Crippen LogP contribution in [-0.2, 0) is 0 Å². The van der Waals surface area contributed by atoms with E-state index in [9.17, 15) is 5.26 Å². The lowest BCUT2D eigenvalue weighted by Gasteiger charge is -2.27. The van der Waals surface area contributed by atoms with Gasteiger partial charge in [0, 0.05) is 18.4 Å². The molecule has 0 saturated heterocycles. The van der Waals surface area contributed by atoms with Gasteiger partial charge in [-0.25, -0.2) is 4.98 Å². The minimum absolute atomic E-state index is 0.270. The molecule has 0 spiro atoms. The van der Waals surface area contributed by atoms with Crippen LogP contribution in [0.1, 0.15) is 39.1 Å². The van der Waals surface area contributed by atoms with Gasteiger partial charge in [0.15, 0.2) is 0 Å². The predicted octanol–water partition coefficient (Wildman–Crippen LogP) is 2.03. The summed E-state index contributed by atoms with van der Waals surface area (Å²) in [5, 5.41) is 12.4. The van der Waals surface area contributed by atoms with Crippen LogP contribution in [0.3, 0.4) is 0 Å². The Hall–Kier alpha value is -1.34. The molecule has 0 aliphatic rings. The summed E-state index contributed by atoms with van der Waals surface area (Å²) in [7, 11) is 0. The third-order valence-corrected chi connectivity index (χ3v) is 2.85. The number of rotatable bonds is 5. The van der Waals surface area contributed by atoms with Crippen LogP contribution in [-0.4, -0.2) is 21.6 Å². The quantitative estimate of drug-likeness (QED) is 0.826. The van der Waals surface area contributed by atoms with E-state index in [-0.39, 0.29) is 6.04 Å². The number of aryl methyl sites for hydroxylation is 1. The molecule has 1 heterocycles. The summed E-state index contributed by atoms with van der Waals surface area (Å²) in [6.07, 6.45) is 4.53. The van der Waals surface area contributed by atoms with Gasteiger partial charge in [0.2, 0.25) is 0 Å². The summed E-state index contributed by atoms with van der Waals surface area (Å²) in [5.41, 5.74) is -0.467. The van der Waals surface area contributed by atoms with E-state index < -0.39 is 5.54 Å². The number of nitrogens with zero attached hydrogens (tertiary/aromatic N) is 3. The van der Waals surface area contributed by atoms with E-state index in [1.165, 1.54) is 0 Å². The summed E-state index contributed by atoms with van der Waals surface area (Å²) in [5.74, 6) is 0.990. The molecule has 16 heavy (non-hydrogen) atoms. The van der Waals surface area contributed by atoms with Crippen LogP contribution in [0.15, 0.2) is 12.4 Å². The average Bonchev–Trinajstić information content (AvgIpc) is 2.65. The average molecular weight is 220 g/mol. The van der Waals surface area contributed by atoms with Crippen LogP contribution >= 0.6 is 0 Å². The molecule has 1 N–H and O–H groups in total. The lowest BCUT2D eigenvalue weighted by molar-refractivity contribution is 0.350. The normalized spacial score (nSPS) is 16.4. The molecule has 4 heteroatoms. The number of imidazole rings is 1. The van der Waals surface area contributed by atoms with Gasteiger partial charge in [-0.15, -0.1) is 0 Å². The minimum atomic E-state index is -0.467.